The quantitative estimate of drug-likeness (QED) is 0.0381. The summed E-state index contributed by atoms with van der Waals surface area (Å²) < 4.78 is 56.2. The average molecular weight is 762 g/mol. The van der Waals surface area contributed by atoms with Crippen LogP contribution in [0.2, 0.25) is 0 Å². The Morgan fingerprint density at radius 1 is 0.700 bits per heavy atom. The van der Waals surface area contributed by atoms with Gasteiger partial charge in [-0.15, -0.1) is 0 Å². The summed E-state index contributed by atoms with van der Waals surface area (Å²) in [5.74, 6) is -2.17. The second-order valence-electron chi connectivity index (χ2n) is 11.9. The molecule has 294 valence electrons. The number of carbonyl (C=O) groups excluding carboxylic acids is 4. The number of nitrogens with one attached hydrogen (secondary N) is 3. The van der Waals surface area contributed by atoms with Gasteiger partial charge < -0.3 is 35.2 Å². The number of rotatable bonds is 31. The molecule has 4 atom stereocenters. The van der Waals surface area contributed by atoms with Crippen LogP contribution in [-0.4, -0.2) is 97.3 Å². The second kappa shape index (κ2) is 27.7. The van der Waals surface area contributed by atoms with E-state index in [1.807, 2.05) is 20.8 Å². The molecule has 19 heteroatoms. The lowest BCUT2D eigenvalue weighted by atomic mass is 10.1. The number of hydrogen-bond donors (Lipinski definition) is 5. The normalized spacial score (nSPS) is 14.3. The van der Waals surface area contributed by atoms with E-state index in [1.54, 1.807) is 6.92 Å². The molecule has 3 amide bonds. The second-order valence-corrected chi connectivity index (χ2v) is 14.8. The summed E-state index contributed by atoms with van der Waals surface area (Å²) in [4.78, 5) is 67.6. The van der Waals surface area contributed by atoms with E-state index in [0.717, 1.165) is 25.7 Å². The van der Waals surface area contributed by atoms with Crippen LogP contribution in [0.1, 0.15) is 112 Å². The van der Waals surface area contributed by atoms with Crippen LogP contribution in [-0.2, 0) is 55.9 Å². The summed E-state index contributed by atoms with van der Waals surface area (Å²) >= 11 is 0. The molecule has 0 fully saturated rings. The molecular formula is C31H61N3O14P2. The van der Waals surface area contributed by atoms with Crippen molar-refractivity contribution in [3.05, 3.63) is 0 Å². The zero-order valence-electron chi connectivity index (χ0n) is 30.5. The summed E-state index contributed by atoms with van der Waals surface area (Å²) in [5, 5.41) is 8.02. The predicted octanol–water partition coefficient (Wildman–Crippen LogP) is 4.05. The molecule has 0 aromatic carbocycles. The molecular weight excluding hydrogens is 700 g/mol. The monoisotopic (exact) mass is 761 g/mol. The Hall–Kier alpha value is -1.94. The van der Waals surface area contributed by atoms with Crippen molar-refractivity contribution < 1.29 is 65.7 Å². The molecule has 0 heterocycles. The molecule has 17 nitrogen and oxygen atoms in total. The van der Waals surface area contributed by atoms with Crippen molar-refractivity contribution in [2.75, 3.05) is 39.6 Å². The van der Waals surface area contributed by atoms with E-state index in [1.165, 1.54) is 13.8 Å². The van der Waals surface area contributed by atoms with E-state index in [0.29, 0.717) is 25.9 Å². The van der Waals surface area contributed by atoms with E-state index in [4.69, 9.17) is 32.8 Å². The summed E-state index contributed by atoms with van der Waals surface area (Å²) in [6, 6.07) is -1.87. The molecule has 50 heavy (non-hydrogen) atoms. The van der Waals surface area contributed by atoms with Crippen LogP contribution in [0.5, 0.6) is 0 Å². The Kier molecular flexibility index (Phi) is 26.6. The fourth-order valence-electron chi connectivity index (χ4n) is 4.25. The minimum atomic E-state index is -4.82. The zero-order valence-corrected chi connectivity index (χ0v) is 32.3. The molecule has 0 aromatic heterocycles. The molecule has 0 aliphatic rings. The topological polar surface area (TPSA) is 234 Å². The third-order valence-corrected chi connectivity index (χ3v) is 8.83. The van der Waals surface area contributed by atoms with Crippen molar-refractivity contribution in [2.24, 2.45) is 0 Å². The number of unbranched alkanes of at least 4 members (excludes halogenated alkanes) is 3. The molecule has 0 rings (SSSR count). The van der Waals surface area contributed by atoms with Crippen LogP contribution in [0.4, 0.5) is 0 Å². The van der Waals surface area contributed by atoms with E-state index < -0.39 is 58.2 Å². The largest absolute Gasteiger partial charge is 0.474 e. The van der Waals surface area contributed by atoms with Crippen molar-refractivity contribution in [1.29, 1.82) is 0 Å². The molecule has 0 aliphatic carbocycles. The Bertz CT molecular complexity index is 1060. The fraction of sp³-hybridized carbons (Fsp3) is 0.871. The van der Waals surface area contributed by atoms with Crippen molar-refractivity contribution in [1.82, 2.24) is 16.0 Å². The lowest BCUT2D eigenvalue weighted by Gasteiger charge is -2.24. The first kappa shape index (κ1) is 48.1. The highest BCUT2D eigenvalue weighted by atomic mass is 31.2. The number of amides is 3. The van der Waals surface area contributed by atoms with Gasteiger partial charge in [0.05, 0.1) is 51.4 Å². The van der Waals surface area contributed by atoms with E-state index >= 15 is 0 Å². The summed E-state index contributed by atoms with van der Waals surface area (Å²) in [5.41, 5.74) is 0. The molecule has 0 saturated carbocycles. The predicted molar refractivity (Wildman–Crippen MR) is 185 cm³/mol. The standard InChI is InChI=1S/C31H61N3O14P2/c1-7-10-17-43-24(4)21-29(36)33-27(23-47-50(42,45-18-11-8-2)46-19-12-9-3)14-13-16-32-31(38)28(15-20-44-49(39,40)41)34-30(37)22-25(5)48-26(6)35/h24-25,27-28H,7-23H2,1-6H3,(H,32,38)(H,33,36)(H,34,37)(H2,39,40,41)/t24-,25-,27-,28+/m1/s1. The molecule has 0 spiro atoms. The van der Waals surface area contributed by atoms with Crippen LogP contribution >= 0.6 is 15.6 Å². The lowest BCUT2D eigenvalue weighted by molar-refractivity contribution is -0.147. The molecule has 0 radical (unpaired) electrons. The highest BCUT2D eigenvalue weighted by molar-refractivity contribution is 7.48. The molecule has 5 N–H and O–H groups in total. The van der Waals surface area contributed by atoms with Gasteiger partial charge in [0.15, 0.2) is 0 Å². The summed E-state index contributed by atoms with van der Waals surface area (Å²) in [6.45, 7) is 10.7. The highest BCUT2D eigenvalue weighted by Crippen LogP contribution is 2.50. The first-order valence-corrected chi connectivity index (χ1v) is 20.4. The maximum Gasteiger partial charge on any atom is 0.474 e. The SMILES string of the molecule is CCCCO[C@H](C)CC(=O)N[C@H](CCCNC(=O)[C@H](CCOP(=O)(O)O)NC(=O)C[C@@H](C)OC(C)=O)COP(=O)(OCCCC)OCCCC. The van der Waals surface area contributed by atoms with Gasteiger partial charge in [0.2, 0.25) is 17.7 Å². The molecule has 0 unspecified atom stereocenters. The minimum Gasteiger partial charge on any atom is -0.462 e. The number of carbonyl (C=O) groups is 4. The Balaban J connectivity index is 5.52. The van der Waals surface area contributed by atoms with Crippen LogP contribution < -0.4 is 16.0 Å². The molecule has 0 saturated heterocycles. The smallest absolute Gasteiger partial charge is 0.462 e. The van der Waals surface area contributed by atoms with Gasteiger partial charge in [0.25, 0.3) is 0 Å². The minimum absolute atomic E-state index is 0.0783. The van der Waals surface area contributed by atoms with Gasteiger partial charge in [0.1, 0.15) is 12.1 Å². The molecule has 0 aromatic rings. The number of ether oxygens (including phenoxy) is 2. The van der Waals surface area contributed by atoms with Gasteiger partial charge in [-0.05, 0) is 46.0 Å². The fourth-order valence-corrected chi connectivity index (χ4v) is 5.88. The third kappa shape index (κ3) is 26.8. The van der Waals surface area contributed by atoms with Crippen LogP contribution in [0.3, 0.4) is 0 Å². The Morgan fingerprint density at radius 3 is 1.82 bits per heavy atom. The van der Waals surface area contributed by atoms with Crippen molar-refractivity contribution in [3.63, 3.8) is 0 Å². The molecule has 0 aliphatic heterocycles. The summed E-state index contributed by atoms with van der Waals surface area (Å²) in [6.07, 6.45) is 3.81. The van der Waals surface area contributed by atoms with E-state index in [2.05, 4.69) is 20.5 Å². The number of esters is 1. The molecule has 0 bridgehead atoms. The van der Waals surface area contributed by atoms with E-state index in [9.17, 15) is 28.3 Å². The third-order valence-electron chi connectivity index (χ3n) is 6.85. The van der Waals surface area contributed by atoms with Crippen LogP contribution in [0, 0.1) is 0 Å². The van der Waals surface area contributed by atoms with Crippen molar-refractivity contribution >= 4 is 39.3 Å². The number of phosphoric ester groups is 2. The average Bonchev–Trinajstić information content (AvgIpc) is 3.00. The van der Waals surface area contributed by atoms with E-state index in [-0.39, 0.29) is 64.1 Å². The van der Waals surface area contributed by atoms with Crippen molar-refractivity contribution in [2.45, 2.75) is 136 Å². The number of hydrogen-bond acceptors (Lipinski definition) is 12. The van der Waals surface area contributed by atoms with Gasteiger partial charge in [-0.2, -0.15) is 0 Å². The Labute approximate surface area is 296 Å². The van der Waals surface area contributed by atoms with Gasteiger partial charge >= 0.3 is 21.6 Å². The first-order chi connectivity index (χ1) is 23.5. The van der Waals surface area contributed by atoms with Crippen molar-refractivity contribution in [3.8, 4) is 0 Å². The zero-order chi connectivity index (χ0) is 38.0. The van der Waals surface area contributed by atoms with Gasteiger partial charge in [-0.1, -0.05) is 40.0 Å². The maximum atomic E-state index is 13.4. The Morgan fingerprint density at radius 2 is 1.26 bits per heavy atom. The summed E-state index contributed by atoms with van der Waals surface area (Å²) in [7, 11) is -8.75. The number of phosphoric acid groups is 2. The lowest BCUT2D eigenvalue weighted by Crippen LogP contribution is -2.48. The van der Waals surface area contributed by atoms with Crippen LogP contribution in [0.15, 0.2) is 0 Å². The maximum absolute atomic E-state index is 13.4. The highest BCUT2D eigenvalue weighted by Gasteiger charge is 2.29. The van der Waals surface area contributed by atoms with Gasteiger partial charge in [-0.3, -0.25) is 37.3 Å². The van der Waals surface area contributed by atoms with Gasteiger partial charge in [-0.25, -0.2) is 9.13 Å². The van der Waals surface area contributed by atoms with Gasteiger partial charge in [0, 0.05) is 26.5 Å². The first-order valence-electron chi connectivity index (χ1n) is 17.4. The van der Waals surface area contributed by atoms with Crippen LogP contribution in [0.25, 0.3) is 0 Å².